The van der Waals surface area contributed by atoms with Crippen LogP contribution in [0.3, 0.4) is 0 Å². The lowest BCUT2D eigenvalue weighted by Gasteiger charge is -2.29. The standard InChI is InChI=1S/C15H20N2O4/c1-11-5-2-3-8-14(11)16-15(18)10-21-13-7-4-6-12(9-13)17(19)20/h4,6-7,9,11,14H,2-3,5,8,10H2,1H3,(H,16,18). The quantitative estimate of drug-likeness (QED) is 0.668. The first-order valence-corrected chi connectivity index (χ1v) is 7.23. The number of hydrogen-bond acceptors (Lipinski definition) is 4. The fraction of sp³-hybridized carbons (Fsp3) is 0.533. The first-order chi connectivity index (χ1) is 10.1. The van der Waals surface area contributed by atoms with Crippen molar-refractivity contribution in [2.75, 3.05) is 6.61 Å². The monoisotopic (exact) mass is 292 g/mol. The summed E-state index contributed by atoms with van der Waals surface area (Å²) < 4.78 is 5.32. The highest BCUT2D eigenvalue weighted by atomic mass is 16.6. The Labute approximate surface area is 123 Å². The fourth-order valence-electron chi connectivity index (χ4n) is 2.61. The molecule has 1 aliphatic rings. The van der Waals surface area contributed by atoms with Gasteiger partial charge in [-0.15, -0.1) is 0 Å². The number of non-ortho nitro benzene ring substituents is 1. The van der Waals surface area contributed by atoms with Gasteiger partial charge in [-0.1, -0.05) is 25.8 Å². The molecule has 1 fully saturated rings. The highest BCUT2D eigenvalue weighted by molar-refractivity contribution is 5.77. The second kappa shape index (κ2) is 7.06. The minimum Gasteiger partial charge on any atom is -0.484 e. The number of rotatable bonds is 5. The molecule has 0 radical (unpaired) electrons. The number of nitrogens with one attached hydrogen (secondary N) is 1. The van der Waals surface area contributed by atoms with Crippen LogP contribution in [-0.2, 0) is 4.79 Å². The summed E-state index contributed by atoms with van der Waals surface area (Å²) in [4.78, 5) is 22.1. The second-order valence-electron chi connectivity index (χ2n) is 5.48. The van der Waals surface area contributed by atoms with Crippen LogP contribution < -0.4 is 10.1 Å². The Morgan fingerprint density at radius 3 is 2.90 bits per heavy atom. The van der Waals surface area contributed by atoms with E-state index >= 15 is 0 Å². The summed E-state index contributed by atoms with van der Waals surface area (Å²) in [6.45, 7) is 2.02. The molecule has 1 aromatic carbocycles. The molecule has 114 valence electrons. The maximum atomic E-state index is 11.9. The zero-order valence-corrected chi connectivity index (χ0v) is 12.1. The highest BCUT2D eigenvalue weighted by Gasteiger charge is 2.22. The first kappa shape index (κ1) is 15.3. The topological polar surface area (TPSA) is 81.5 Å². The van der Waals surface area contributed by atoms with Crippen molar-refractivity contribution in [3.8, 4) is 5.75 Å². The molecule has 0 aromatic heterocycles. The third-order valence-corrected chi connectivity index (χ3v) is 3.86. The SMILES string of the molecule is CC1CCCCC1NC(=O)COc1cccc([N+](=O)[O-])c1. The molecule has 0 spiro atoms. The molecule has 2 unspecified atom stereocenters. The van der Waals surface area contributed by atoms with Crippen LogP contribution in [0.15, 0.2) is 24.3 Å². The lowest BCUT2D eigenvalue weighted by atomic mass is 9.86. The van der Waals surface area contributed by atoms with Gasteiger partial charge in [0.05, 0.1) is 11.0 Å². The number of nitrogens with zero attached hydrogens (tertiary/aromatic N) is 1. The third-order valence-electron chi connectivity index (χ3n) is 3.86. The number of hydrogen-bond donors (Lipinski definition) is 1. The van der Waals surface area contributed by atoms with Gasteiger partial charge in [-0.2, -0.15) is 0 Å². The van der Waals surface area contributed by atoms with E-state index in [-0.39, 0.29) is 24.2 Å². The van der Waals surface area contributed by atoms with Crippen LogP contribution in [-0.4, -0.2) is 23.5 Å². The molecule has 1 aliphatic carbocycles. The number of benzene rings is 1. The van der Waals surface area contributed by atoms with Crippen LogP contribution in [0.25, 0.3) is 0 Å². The van der Waals surface area contributed by atoms with Crippen LogP contribution in [0.5, 0.6) is 5.75 Å². The molecular weight excluding hydrogens is 272 g/mol. The van der Waals surface area contributed by atoms with Gasteiger partial charge in [0.25, 0.3) is 11.6 Å². The van der Waals surface area contributed by atoms with Crippen molar-refractivity contribution in [1.82, 2.24) is 5.32 Å². The number of nitro benzene ring substituents is 1. The molecule has 0 heterocycles. The van der Waals surface area contributed by atoms with Gasteiger partial charge in [-0.05, 0) is 24.8 Å². The van der Waals surface area contributed by atoms with Crippen LogP contribution in [0.2, 0.25) is 0 Å². The van der Waals surface area contributed by atoms with Crippen molar-refractivity contribution < 1.29 is 14.5 Å². The van der Waals surface area contributed by atoms with Crippen molar-refractivity contribution >= 4 is 11.6 Å². The zero-order valence-electron chi connectivity index (χ0n) is 12.1. The Bertz CT molecular complexity index is 518. The van der Waals surface area contributed by atoms with Gasteiger partial charge < -0.3 is 10.1 Å². The Morgan fingerprint density at radius 2 is 2.19 bits per heavy atom. The largest absolute Gasteiger partial charge is 0.484 e. The van der Waals surface area contributed by atoms with Gasteiger partial charge >= 0.3 is 0 Å². The van der Waals surface area contributed by atoms with Gasteiger partial charge in [0, 0.05) is 12.1 Å². The first-order valence-electron chi connectivity index (χ1n) is 7.23. The second-order valence-corrected chi connectivity index (χ2v) is 5.48. The van der Waals surface area contributed by atoms with Gasteiger partial charge in [-0.3, -0.25) is 14.9 Å². The number of carbonyl (C=O) groups is 1. The van der Waals surface area contributed by atoms with Crippen LogP contribution in [0.4, 0.5) is 5.69 Å². The lowest BCUT2D eigenvalue weighted by molar-refractivity contribution is -0.384. The molecule has 6 nitrogen and oxygen atoms in total. The summed E-state index contributed by atoms with van der Waals surface area (Å²) in [5.74, 6) is 0.636. The van der Waals surface area contributed by atoms with Gasteiger partial charge in [0.15, 0.2) is 6.61 Å². The minimum absolute atomic E-state index is 0.0474. The minimum atomic E-state index is -0.489. The number of nitro groups is 1. The van der Waals surface area contributed by atoms with E-state index < -0.39 is 4.92 Å². The van der Waals surface area contributed by atoms with Gasteiger partial charge in [0.1, 0.15) is 5.75 Å². The Kier molecular flexibility index (Phi) is 5.14. The summed E-state index contributed by atoms with van der Waals surface area (Å²) in [7, 11) is 0. The average molecular weight is 292 g/mol. The van der Waals surface area contributed by atoms with Crippen molar-refractivity contribution in [3.63, 3.8) is 0 Å². The smallest absolute Gasteiger partial charge is 0.273 e. The molecule has 0 saturated heterocycles. The van der Waals surface area contributed by atoms with Crippen molar-refractivity contribution in [2.24, 2.45) is 5.92 Å². The summed E-state index contributed by atoms with van der Waals surface area (Å²) in [6, 6.07) is 6.05. The summed E-state index contributed by atoms with van der Waals surface area (Å²) >= 11 is 0. The lowest BCUT2D eigenvalue weighted by Crippen LogP contribution is -2.43. The molecule has 1 amide bonds. The molecule has 1 aromatic rings. The molecule has 2 rings (SSSR count). The molecule has 0 bridgehead atoms. The molecule has 21 heavy (non-hydrogen) atoms. The predicted molar refractivity (Wildman–Crippen MR) is 78.2 cm³/mol. The third kappa shape index (κ3) is 4.44. The van der Waals surface area contributed by atoms with Crippen LogP contribution in [0, 0.1) is 16.0 Å². The molecule has 2 atom stereocenters. The predicted octanol–water partition coefficient (Wildman–Crippen LogP) is 2.67. The van der Waals surface area contributed by atoms with E-state index in [0.29, 0.717) is 11.7 Å². The van der Waals surface area contributed by atoms with Gasteiger partial charge in [-0.25, -0.2) is 0 Å². The fourth-order valence-corrected chi connectivity index (χ4v) is 2.61. The molecular formula is C15H20N2O4. The molecule has 1 N–H and O–H groups in total. The van der Waals surface area contributed by atoms with Crippen LogP contribution in [0.1, 0.15) is 32.6 Å². The summed E-state index contributed by atoms with van der Waals surface area (Å²) in [5, 5.41) is 13.6. The zero-order chi connectivity index (χ0) is 15.2. The van der Waals surface area contributed by atoms with Crippen molar-refractivity contribution in [3.05, 3.63) is 34.4 Å². The Balaban J connectivity index is 1.83. The number of amides is 1. The number of carbonyl (C=O) groups excluding carboxylic acids is 1. The van der Waals surface area contributed by atoms with Crippen LogP contribution >= 0.6 is 0 Å². The van der Waals surface area contributed by atoms with E-state index in [0.717, 1.165) is 19.3 Å². The van der Waals surface area contributed by atoms with E-state index in [4.69, 9.17) is 4.74 Å². The summed E-state index contributed by atoms with van der Waals surface area (Å²) in [5.41, 5.74) is -0.0474. The molecule has 6 heteroatoms. The van der Waals surface area contributed by atoms with E-state index in [1.165, 1.54) is 24.6 Å². The van der Waals surface area contributed by atoms with Gasteiger partial charge in [0.2, 0.25) is 0 Å². The maximum Gasteiger partial charge on any atom is 0.273 e. The Hall–Kier alpha value is -2.11. The molecule has 1 saturated carbocycles. The highest BCUT2D eigenvalue weighted by Crippen LogP contribution is 2.23. The maximum absolute atomic E-state index is 11.9. The average Bonchev–Trinajstić information content (AvgIpc) is 2.48. The van der Waals surface area contributed by atoms with Crippen molar-refractivity contribution in [1.29, 1.82) is 0 Å². The van der Waals surface area contributed by atoms with E-state index in [2.05, 4.69) is 12.2 Å². The summed E-state index contributed by atoms with van der Waals surface area (Å²) in [6.07, 6.45) is 4.50. The van der Waals surface area contributed by atoms with E-state index in [1.54, 1.807) is 6.07 Å². The Morgan fingerprint density at radius 1 is 1.43 bits per heavy atom. The van der Waals surface area contributed by atoms with E-state index in [1.807, 2.05) is 0 Å². The van der Waals surface area contributed by atoms with E-state index in [9.17, 15) is 14.9 Å². The number of ether oxygens (including phenoxy) is 1. The molecule has 0 aliphatic heterocycles. The normalized spacial score (nSPS) is 21.6. The van der Waals surface area contributed by atoms with Crippen molar-refractivity contribution in [2.45, 2.75) is 38.6 Å².